The number of aromatic nitrogens is 1. The van der Waals surface area contributed by atoms with E-state index < -0.39 is 11.9 Å². The maximum Gasteiger partial charge on any atom is 0.407 e. The Morgan fingerprint density at radius 1 is 1.03 bits per heavy atom. The zero-order chi connectivity index (χ0) is 21.8. The molecule has 1 atom stereocenters. The molecule has 0 radical (unpaired) electrons. The molecule has 0 aliphatic carbocycles. The highest BCUT2D eigenvalue weighted by atomic mass is 19.1. The second kappa shape index (κ2) is 7.01. The fraction of sp³-hybridized carbons (Fsp3) is 0.304. The number of rotatable bonds is 2. The monoisotopic (exact) mass is 423 g/mol. The second-order valence-electron chi connectivity index (χ2n) is 8.52. The summed E-state index contributed by atoms with van der Waals surface area (Å²) in [4.78, 5) is 27.5. The van der Waals surface area contributed by atoms with Crippen molar-refractivity contribution in [3.8, 4) is 11.4 Å². The van der Waals surface area contributed by atoms with Gasteiger partial charge >= 0.3 is 6.09 Å². The number of carbonyl (C=O) groups is 1. The van der Waals surface area contributed by atoms with E-state index in [9.17, 15) is 19.8 Å². The highest BCUT2D eigenvalue weighted by Crippen LogP contribution is 2.41. The molecule has 8 heteroatoms. The topological polar surface area (TPSA) is 86.0 Å². The lowest BCUT2D eigenvalue weighted by molar-refractivity contribution is 0.150. The fourth-order valence-corrected chi connectivity index (χ4v) is 4.91. The summed E-state index contributed by atoms with van der Waals surface area (Å²) in [5.41, 5.74) is 0.482. The third-order valence-electron chi connectivity index (χ3n) is 6.58. The van der Waals surface area contributed by atoms with E-state index in [-0.39, 0.29) is 16.7 Å². The van der Waals surface area contributed by atoms with E-state index in [1.165, 1.54) is 27.7 Å². The standard InChI is InChI=1S/C23H22FN3O4/c24-19-12-16(27-8-5-15-11-17(28)2-3-18(15)21(27)29)1-4-20(19)25-9-6-23(13-25)7-10-26(14-23)22(30)31/h1-5,8,11-12,28H,6-7,9-10,13-14H2,(H,30,31). The maximum absolute atomic E-state index is 15.1. The van der Waals surface area contributed by atoms with Crippen molar-refractivity contribution in [3.63, 3.8) is 0 Å². The van der Waals surface area contributed by atoms with Crippen molar-refractivity contribution in [1.82, 2.24) is 9.47 Å². The first-order valence-electron chi connectivity index (χ1n) is 10.2. The van der Waals surface area contributed by atoms with Crippen LogP contribution in [0.2, 0.25) is 0 Å². The number of benzene rings is 2. The molecule has 7 nitrogen and oxygen atoms in total. The van der Waals surface area contributed by atoms with Crippen LogP contribution in [-0.4, -0.2) is 52.0 Å². The van der Waals surface area contributed by atoms with E-state index in [2.05, 4.69) is 0 Å². The van der Waals surface area contributed by atoms with Crippen LogP contribution in [0.4, 0.5) is 14.9 Å². The van der Waals surface area contributed by atoms with Crippen LogP contribution in [0.5, 0.6) is 5.75 Å². The Labute approximate surface area is 177 Å². The van der Waals surface area contributed by atoms with Gasteiger partial charge in [-0.25, -0.2) is 9.18 Å². The molecule has 1 unspecified atom stereocenters. The number of amides is 1. The van der Waals surface area contributed by atoms with Gasteiger partial charge in [0, 0.05) is 49.2 Å². The molecule has 2 aliphatic heterocycles. The first kappa shape index (κ1) is 19.4. The van der Waals surface area contributed by atoms with Crippen LogP contribution in [0.25, 0.3) is 16.5 Å². The molecule has 31 heavy (non-hydrogen) atoms. The molecular weight excluding hydrogens is 401 g/mol. The van der Waals surface area contributed by atoms with Gasteiger partial charge in [-0.15, -0.1) is 0 Å². The Kier molecular flexibility index (Phi) is 4.39. The minimum absolute atomic E-state index is 0.0807. The average Bonchev–Trinajstić information content (AvgIpc) is 3.35. The number of carboxylic acid groups (broad SMARTS) is 1. The molecule has 1 spiro atoms. The molecular formula is C23H22FN3O4. The van der Waals surface area contributed by atoms with Crippen LogP contribution in [0.3, 0.4) is 0 Å². The summed E-state index contributed by atoms with van der Waals surface area (Å²) in [5, 5.41) is 19.9. The number of fused-ring (bicyclic) bond motifs is 1. The Morgan fingerprint density at radius 2 is 1.84 bits per heavy atom. The third kappa shape index (κ3) is 3.28. The van der Waals surface area contributed by atoms with Crippen LogP contribution in [0.15, 0.2) is 53.5 Å². The maximum atomic E-state index is 15.1. The van der Waals surface area contributed by atoms with Gasteiger partial charge in [-0.3, -0.25) is 9.36 Å². The second-order valence-corrected chi connectivity index (χ2v) is 8.52. The first-order valence-corrected chi connectivity index (χ1v) is 10.2. The number of nitrogens with zero attached hydrogens (tertiary/aromatic N) is 3. The Hall–Kier alpha value is -3.55. The smallest absolute Gasteiger partial charge is 0.407 e. The Bertz CT molecular complexity index is 1260. The fourth-order valence-electron chi connectivity index (χ4n) is 4.91. The predicted octanol–water partition coefficient (Wildman–Crippen LogP) is 3.42. The summed E-state index contributed by atoms with van der Waals surface area (Å²) in [6, 6.07) is 11.0. The van der Waals surface area contributed by atoms with Gasteiger partial charge in [-0.1, -0.05) is 0 Å². The first-order chi connectivity index (χ1) is 14.8. The molecule has 5 rings (SSSR count). The van der Waals surface area contributed by atoms with Crippen molar-refractivity contribution in [2.75, 3.05) is 31.1 Å². The SMILES string of the molecule is O=C(O)N1CCC2(CCN(c3ccc(-n4ccc5cc(O)ccc5c4=O)cc3F)C2)C1. The lowest BCUT2D eigenvalue weighted by Gasteiger charge is -2.25. The van der Waals surface area contributed by atoms with Crippen LogP contribution in [-0.2, 0) is 0 Å². The van der Waals surface area contributed by atoms with Gasteiger partial charge in [-0.2, -0.15) is 0 Å². The molecule has 2 aliphatic rings. The lowest BCUT2D eigenvalue weighted by atomic mass is 9.86. The van der Waals surface area contributed by atoms with E-state index in [4.69, 9.17) is 0 Å². The van der Waals surface area contributed by atoms with Gasteiger partial charge in [0.1, 0.15) is 11.6 Å². The highest BCUT2D eigenvalue weighted by molar-refractivity contribution is 5.83. The number of phenols is 1. The molecule has 0 bridgehead atoms. The summed E-state index contributed by atoms with van der Waals surface area (Å²) in [6.07, 6.45) is 2.29. The predicted molar refractivity (Wildman–Crippen MR) is 115 cm³/mol. The zero-order valence-electron chi connectivity index (χ0n) is 16.8. The van der Waals surface area contributed by atoms with Gasteiger partial charge in [-0.05, 0) is 54.6 Å². The zero-order valence-corrected chi connectivity index (χ0v) is 16.8. The van der Waals surface area contributed by atoms with E-state index in [1.807, 2.05) is 4.90 Å². The quantitative estimate of drug-likeness (QED) is 0.660. The lowest BCUT2D eigenvalue weighted by Crippen LogP contribution is -2.33. The van der Waals surface area contributed by atoms with Gasteiger partial charge in [0.2, 0.25) is 0 Å². The Morgan fingerprint density at radius 3 is 2.58 bits per heavy atom. The summed E-state index contributed by atoms with van der Waals surface area (Å²) in [5.74, 6) is -0.336. The highest BCUT2D eigenvalue weighted by Gasteiger charge is 2.45. The normalized spacial score (nSPS) is 20.8. The third-order valence-corrected chi connectivity index (χ3v) is 6.58. The van der Waals surface area contributed by atoms with Crippen LogP contribution in [0, 0.1) is 11.2 Å². The number of likely N-dealkylation sites (tertiary alicyclic amines) is 1. The number of hydrogen-bond donors (Lipinski definition) is 2. The van der Waals surface area contributed by atoms with Crippen LogP contribution >= 0.6 is 0 Å². The van der Waals surface area contributed by atoms with Crippen LogP contribution < -0.4 is 10.5 Å². The largest absolute Gasteiger partial charge is 0.508 e. The number of phenolic OH excluding ortho intramolecular Hbond substituents is 1. The van der Waals surface area contributed by atoms with Crippen molar-refractivity contribution in [2.45, 2.75) is 12.8 Å². The number of pyridine rings is 1. The molecule has 2 fully saturated rings. The number of halogens is 1. The average molecular weight is 423 g/mol. The summed E-state index contributed by atoms with van der Waals surface area (Å²) in [6.45, 7) is 2.30. The summed E-state index contributed by atoms with van der Waals surface area (Å²) >= 11 is 0. The van der Waals surface area contributed by atoms with Crippen molar-refractivity contribution in [3.05, 3.63) is 64.8 Å². The van der Waals surface area contributed by atoms with Gasteiger partial charge in [0.05, 0.1) is 11.4 Å². The summed E-state index contributed by atoms with van der Waals surface area (Å²) < 4.78 is 16.5. The molecule has 2 saturated heterocycles. The Balaban J connectivity index is 1.42. The molecule has 2 N–H and O–H groups in total. The van der Waals surface area contributed by atoms with E-state index in [1.54, 1.807) is 30.5 Å². The van der Waals surface area contributed by atoms with Gasteiger partial charge < -0.3 is 20.0 Å². The van der Waals surface area contributed by atoms with Crippen LogP contribution in [0.1, 0.15) is 12.8 Å². The van der Waals surface area contributed by atoms with E-state index in [0.29, 0.717) is 48.3 Å². The molecule has 3 aromatic rings. The molecule has 1 aromatic heterocycles. The number of anilines is 1. The minimum Gasteiger partial charge on any atom is -0.508 e. The van der Waals surface area contributed by atoms with E-state index in [0.717, 1.165) is 12.8 Å². The van der Waals surface area contributed by atoms with Crippen molar-refractivity contribution >= 4 is 22.6 Å². The number of aromatic hydroxyl groups is 1. The van der Waals surface area contributed by atoms with E-state index >= 15 is 4.39 Å². The molecule has 0 saturated carbocycles. The molecule has 160 valence electrons. The van der Waals surface area contributed by atoms with Crippen molar-refractivity contribution in [1.29, 1.82) is 0 Å². The number of hydrogen-bond acceptors (Lipinski definition) is 4. The molecule has 1 amide bonds. The molecule has 2 aromatic carbocycles. The molecule has 3 heterocycles. The van der Waals surface area contributed by atoms with Crippen molar-refractivity contribution < 1.29 is 19.4 Å². The minimum atomic E-state index is -0.901. The van der Waals surface area contributed by atoms with Gasteiger partial charge in [0.25, 0.3) is 5.56 Å². The summed E-state index contributed by atoms with van der Waals surface area (Å²) in [7, 11) is 0. The van der Waals surface area contributed by atoms with Gasteiger partial charge in [0.15, 0.2) is 0 Å². The van der Waals surface area contributed by atoms with Crippen molar-refractivity contribution in [2.24, 2.45) is 5.41 Å².